The Morgan fingerprint density at radius 3 is 1.44 bits per heavy atom. The topological polar surface area (TPSA) is 453 Å². The van der Waals surface area contributed by atoms with Gasteiger partial charge in [0.05, 0.1) is 32.1 Å². The molecule has 0 bridgehead atoms. The Bertz CT molecular complexity index is 2630. The zero-order valence-corrected chi connectivity index (χ0v) is 44.9. The lowest BCUT2D eigenvalue weighted by Crippen LogP contribution is -2.62. The van der Waals surface area contributed by atoms with Crippen LogP contribution >= 0.6 is 0 Å². The molecule has 434 valence electrons. The predicted octanol–water partition coefficient (Wildman–Crippen LogP) is -2.58. The van der Waals surface area contributed by atoms with Gasteiger partial charge in [0.1, 0.15) is 54.1 Å². The molecule has 18 N–H and O–H groups in total. The third-order valence-corrected chi connectivity index (χ3v) is 12.6. The van der Waals surface area contributed by atoms with Crippen LogP contribution in [-0.4, -0.2) is 163 Å². The summed E-state index contributed by atoms with van der Waals surface area (Å²) in [5, 5.41) is 69.1. The average molecular weight is 1110 g/mol. The molecule has 79 heavy (non-hydrogen) atoms. The Kier molecular flexibility index (Phi) is 25.8. The molecule has 1 heterocycles. The second-order valence-corrected chi connectivity index (χ2v) is 20.1. The number of aliphatic carboxylic acids is 2. The lowest BCUT2D eigenvalue weighted by molar-refractivity contribution is -0.144. The van der Waals surface area contributed by atoms with Gasteiger partial charge in [-0.3, -0.25) is 47.9 Å². The van der Waals surface area contributed by atoms with Crippen LogP contribution in [0.4, 0.5) is 0 Å². The number of nitrogens with two attached hydrogens (primary N) is 2. The van der Waals surface area contributed by atoms with E-state index >= 15 is 0 Å². The first-order valence-electron chi connectivity index (χ1n) is 25.6. The summed E-state index contributed by atoms with van der Waals surface area (Å²) in [5.41, 5.74) is 13.4. The number of para-hydroxylation sites is 1. The number of carboxylic acid groups (broad SMARTS) is 2. The highest BCUT2D eigenvalue weighted by atomic mass is 16.4. The number of benzene rings is 2. The maximum absolute atomic E-state index is 13.9. The number of H-pyrrole nitrogens is 1. The number of carbonyl (C=O) groups is 11. The summed E-state index contributed by atoms with van der Waals surface area (Å²) in [6, 6.07) is -1.48. The molecule has 2 aromatic carbocycles. The second kappa shape index (κ2) is 31.3. The van der Waals surface area contributed by atoms with Gasteiger partial charge in [-0.05, 0) is 66.3 Å². The first-order chi connectivity index (χ1) is 37.2. The highest BCUT2D eigenvalue weighted by molar-refractivity contribution is 6.00. The molecule has 27 heteroatoms. The summed E-state index contributed by atoms with van der Waals surface area (Å²) in [4.78, 5) is 149. The van der Waals surface area contributed by atoms with Crippen molar-refractivity contribution in [2.45, 2.75) is 141 Å². The molecule has 9 amide bonds. The molecule has 3 aromatic rings. The maximum Gasteiger partial charge on any atom is 0.326 e. The van der Waals surface area contributed by atoms with E-state index in [9.17, 15) is 78.3 Å². The van der Waals surface area contributed by atoms with Crippen molar-refractivity contribution >= 4 is 76.0 Å². The average Bonchev–Trinajstić information content (AvgIpc) is 3.79. The molecule has 3 rings (SSSR count). The maximum atomic E-state index is 13.9. The van der Waals surface area contributed by atoms with Gasteiger partial charge in [-0.1, -0.05) is 78.3 Å². The van der Waals surface area contributed by atoms with E-state index in [1.54, 1.807) is 84.1 Å². The molecule has 0 aliphatic heterocycles. The molecule has 0 saturated heterocycles. The number of aliphatic hydroxyl groups is 2. The Balaban J connectivity index is 1.79. The van der Waals surface area contributed by atoms with E-state index in [-0.39, 0.29) is 43.3 Å². The van der Waals surface area contributed by atoms with Gasteiger partial charge in [0, 0.05) is 23.5 Å². The van der Waals surface area contributed by atoms with Crippen molar-refractivity contribution in [1.29, 1.82) is 0 Å². The zero-order valence-electron chi connectivity index (χ0n) is 44.9. The number of nitrogens with one attached hydrogen (secondary N) is 9. The summed E-state index contributed by atoms with van der Waals surface area (Å²) >= 11 is 0. The van der Waals surface area contributed by atoms with Gasteiger partial charge in [0.25, 0.3) is 0 Å². The second-order valence-electron chi connectivity index (χ2n) is 20.1. The minimum atomic E-state index is -2.01. The number of carboxylic acids is 2. The summed E-state index contributed by atoms with van der Waals surface area (Å²) in [6.45, 7) is 7.95. The van der Waals surface area contributed by atoms with Gasteiger partial charge in [0.2, 0.25) is 53.2 Å². The number of hydrogen-bond donors (Lipinski definition) is 16. The summed E-state index contributed by atoms with van der Waals surface area (Å²) in [5.74, 6) is -13.8. The number of rotatable bonds is 33. The molecule has 1 aromatic heterocycles. The number of amides is 9. The Morgan fingerprint density at radius 1 is 0.544 bits per heavy atom. The smallest absolute Gasteiger partial charge is 0.326 e. The van der Waals surface area contributed by atoms with E-state index in [4.69, 9.17) is 11.5 Å². The van der Waals surface area contributed by atoms with Crippen LogP contribution < -0.4 is 54.0 Å². The number of carbonyl (C=O) groups excluding carboxylic acids is 9. The number of aliphatic hydroxyl groups excluding tert-OH is 2. The van der Waals surface area contributed by atoms with Gasteiger partial charge >= 0.3 is 11.9 Å². The molecule has 27 nitrogen and oxygen atoms in total. The lowest BCUT2D eigenvalue weighted by Gasteiger charge is -2.28. The molecule has 0 fully saturated rings. The van der Waals surface area contributed by atoms with Crippen LogP contribution in [-0.2, 0) is 65.6 Å². The highest BCUT2D eigenvalue weighted by Gasteiger charge is 2.37. The molecule has 0 saturated carbocycles. The first-order valence-corrected chi connectivity index (χ1v) is 25.6. The summed E-state index contributed by atoms with van der Waals surface area (Å²) < 4.78 is 0. The molecule has 0 aliphatic rings. The van der Waals surface area contributed by atoms with Crippen LogP contribution in [0.3, 0.4) is 0 Å². The zero-order chi connectivity index (χ0) is 59.3. The number of fused-ring (bicyclic) bond motifs is 1. The van der Waals surface area contributed by atoms with E-state index in [0.29, 0.717) is 28.5 Å². The van der Waals surface area contributed by atoms with Gasteiger partial charge in [-0.2, -0.15) is 0 Å². The van der Waals surface area contributed by atoms with Crippen molar-refractivity contribution in [2.75, 3.05) is 13.2 Å². The first kappa shape index (κ1) is 65.1. The number of phenols is 1. The van der Waals surface area contributed by atoms with Crippen LogP contribution in [0.5, 0.6) is 5.75 Å². The van der Waals surface area contributed by atoms with Crippen LogP contribution in [0.25, 0.3) is 10.9 Å². The number of aromatic hydroxyl groups is 1. The van der Waals surface area contributed by atoms with Crippen molar-refractivity contribution in [3.8, 4) is 5.75 Å². The number of aromatic amines is 1. The Labute approximate surface area is 455 Å². The fourth-order valence-electron chi connectivity index (χ4n) is 8.15. The van der Waals surface area contributed by atoms with E-state index in [1.165, 1.54) is 12.1 Å². The molecular formula is C52H75N11O16. The minimum absolute atomic E-state index is 0.00731. The van der Waals surface area contributed by atoms with Gasteiger partial charge in [0.15, 0.2) is 0 Å². The highest BCUT2D eigenvalue weighted by Crippen LogP contribution is 2.20. The number of aromatic nitrogens is 1. The van der Waals surface area contributed by atoms with E-state index in [1.807, 2.05) is 0 Å². The van der Waals surface area contributed by atoms with E-state index < -0.39 is 151 Å². The van der Waals surface area contributed by atoms with E-state index in [2.05, 4.69) is 47.5 Å². The van der Waals surface area contributed by atoms with Crippen molar-refractivity contribution in [3.63, 3.8) is 0 Å². The van der Waals surface area contributed by atoms with Crippen molar-refractivity contribution < 1.29 is 78.3 Å². The fourth-order valence-corrected chi connectivity index (χ4v) is 8.15. The van der Waals surface area contributed by atoms with Gasteiger partial charge < -0.3 is 84.5 Å². The molecule has 0 unspecified atom stereocenters. The lowest BCUT2D eigenvalue weighted by atomic mass is 9.98. The molecule has 0 spiro atoms. The largest absolute Gasteiger partial charge is 0.508 e. The summed E-state index contributed by atoms with van der Waals surface area (Å²) in [7, 11) is 0. The minimum Gasteiger partial charge on any atom is -0.508 e. The van der Waals surface area contributed by atoms with Crippen LogP contribution in [0.1, 0.15) is 84.8 Å². The predicted molar refractivity (Wildman–Crippen MR) is 283 cm³/mol. The molecule has 10 atom stereocenters. The third kappa shape index (κ3) is 21.0. The fraction of sp³-hybridized carbons (Fsp3) is 0.519. The Morgan fingerprint density at radius 2 is 0.975 bits per heavy atom. The van der Waals surface area contributed by atoms with Gasteiger partial charge in [-0.25, -0.2) is 4.79 Å². The summed E-state index contributed by atoms with van der Waals surface area (Å²) in [6.07, 6.45) is -0.227. The van der Waals surface area contributed by atoms with Crippen LogP contribution in [0, 0.1) is 17.8 Å². The molecular weight excluding hydrogens is 1030 g/mol. The monoisotopic (exact) mass is 1110 g/mol. The standard InChI is InChI=1S/C52H75N11O16/c1-7-27(6)43(52(78)79)63-49(75)36(19-29-22-55-33-11-9-8-10-31(29)33)58-50(76)39(23-64)61-47(73)37(20-41(54)67)59-51(77)40(24-65)62-48(74)38(21-42(68)69)60-46(72)35(17-26(4)5)57-45(71)34(16-25(2)3)56-44(70)32(53)18-28-12-14-30(66)15-13-28/h8-15,22,25-27,32,34-40,43,55,64-66H,7,16-21,23-24,53H2,1-6H3,(H2,54,67)(H,56,70)(H,57,71)(H,58,76)(H,59,77)(H,60,72)(H,61,73)(H,62,74)(H,63,75)(H,68,69)(H,78,79)/t27-,32-,34-,35-,36-,37-,38-,39-,40-,43-/m0/s1. The normalized spacial score (nSPS) is 15.1. The number of primary amides is 1. The third-order valence-electron chi connectivity index (χ3n) is 12.6. The molecule has 0 aliphatic carbocycles. The van der Waals surface area contributed by atoms with Crippen LogP contribution in [0.15, 0.2) is 54.7 Å². The molecule has 0 radical (unpaired) electrons. The van der Waals surface area contributed by atoms with Crippen LogP contribution in [0.2, 0.25) is 0 Å². The SMILES string of the molecule is CC[C@H](C)[C@H](NC(=O)[C@H](Cc1c[nH]c2ccccc12)NC(=O)[C@H](CO)NC(=O)[C@H](CC(N)=O)NC(=O)[C@H](CO)NC(=O)[C@H](CC(=O)O)NC(=O)[C@H](CC(C)C)NC(=O)[C@H](CC(C)C)NC(=O)[C@@H](N)Cc1ccc(O)cc1)C(=O)O. The number of hydrogen-bond acceptors (Lipinski definition) is 15. The number of phenolic OH excluding ortho intramolecular Hbond substituents is 1. The Hall–Kier alpha value is -8.17. The van der Waals surface area contributed by atoms with Crippen molar-refractivity contribution in [1.82, 2.24) is 47.5 Å². The van der Waals surface area contributed by atoms with Crippen molar-refractivity contribution in [2.24, 2.45) is 29.2 Å². The van der Waals surface area contributed by atoms with E-state index in [0.717, 1.165) is 0 Å². The quantitative estimate of drug-likeness (QED) is 0.0298. The van der Waals surface area contributed by atoms with Crippen molar-refractivity contribution in [3.05, 3.63) is 65.9 Å². The van der Waals surface area contributed by atoms with Gasteiger partial charge in [-0.15, -0.1) is 0 Å².